The van der Waals surface area contributed by atoms with Crippen molar-refractivity contribution >= 4 is 35.1 Å². The summed E-state index contributed by atoms with van der Waals surface area (Å²) in [5.74, 6) is 0.183. The fourth-order valence-electron chi connectivity index (χ4n) is 3.86. The first-order valence-corrected chi connectivity index (χ1v) is 11.6. The molecule has 186 valence electrons. The van der Waals surface area contributed by atoms with Crippen molar-refractivity contribution in [3.63, 3.8) is 0 Å². The molecule has 4 rings (SSSR count). The van der Waals surface area contributed by atoms with Gasteiger partial charge >= 0.3 is 0 Å². The van der Waals surface area contributed by atoms with Crippen LogP contribution in [-0.4, -0.2) is 89.3 Å². The van der Waals surface area contributed by atoms with Crippen molar-refractivity contribution in [1.82, 2.24) is 24.8 Å². The molecule has 1 atom stereocenters. The number of amides is 2. The van der Waals surface area contributed by atoms with Gasteiger partial charge in [-0.05, 0) is 30.7 Å². The van der Waals surface area contributed by atoms with Crippen molar-refractivity contribution in [2.24, 2.45) is 0 Å². The van der Waals surface area contributed by atoms with Crippen molar-refractivity contribution < 1.29 is 18.7 Å². The zero-order chi connectivity index (χ0) is 24.8. The third kappa shape index (κ3) is 6.65. The van der Waals surface area contributed by atoms with Gasteiger partial charge in [-0.2, -0.15) is 9.99 Å². The molecule has 2 aliphatic rings. The molecule has 3 heterocycles. The summed E-state index contributed by atoms with van der Waals surface area (Å²) in [7, 11) is 1.47. The summed E-state index contributed by atoms with van der Waals surface area (Å²) in [6.45, 7) is 3.12. The average Bonchev–Trinajstić information content (AvgIpc) is 3.49. The van der Waals surface area contributed by atoms with Gasteiger partial charge in [0.15, 0.2) is 0 Å². The summed E-state index contributed by atoms with van der Waals surface area (Å²) in [6, 6.07) is 6.73. The van der Waals surface area contributed by atoms with E-state index in [-0.39, 0.29) is 17.7 Å². The number of halogens is 2. The second-order valence-electron chi connectivity index (χ2n) is 8.25. The van der Waals surface area contributed by atoms with E-state index in [1.54, 1.807) is 35.2 Å². The van der Waals surface area contributed by atoms with Crippen molar-refractivity contribution in [2.75, 3.05) is 57.2 Å². The summed E-state index contributed by atoms with van der Waals surface area (Å²) < 4.78 is 18.3. The molecule has 12 heteroatoms. The molecule has 35 heavy (non-hydrogen) atoms. The third-order valence-corrected chi connectivity index (χ3v) is 5.94. The number of methoxy groups -OCH3 is 1. The minimum Gasteiger partial charge on any atom is -0.480 e. The molecule has 0 bridgehead atoms. The lowest BCUT2D eigenvalue weighted by Crippen LogP contribution is -2.34. The highest BCUT2D eigenvalue weighted by molar-refractivity contribution is 6.31. The first-order valence-electron chi connectivity index (χ1n) is 11.2. The number of nitrogens with one attached hydrogen (secondary N) is 2. The number of ether oxygens (including phenoxy) is 1. The number of nitrogens with zero attached hydrogens (tertiary/aromatic N) is 5. The quantitative estimate of drug-likeness (QED) is 0.529. The second-order valence-corrected chi connectivity index (χ2v) is 8.66. The minimum absolute atomic E-state index is 0.126. The maximum Gasteiger partial charge on any atom is 0.254 e. The standard InChI is InChI=1S/C23H27ClFN7O3/c1-35-21-19(24)13-26-23(28-21)29-32-12-11-31(15-32)22(34)16-4-6-18(7-5-16)27-20(33)3-2-9-30-10-8-17(25)14-30/h2-7,13,17H,8-12,14-15H2,1H3,(H,27,33)(H,26,28,29)/b3-2+/t17-/m1/s1. The number of likely N-dealkylation sites (tertiary alicyclic amines) is 1. The molecule has 2 N–H and O–H groups in total. The van der Waals surface area contributed by atoms with Crippen LogP contribution in [0, 0.1) is 0 Å². The summed E-state index contributed by atoms with van der Waals surface area (Å²) in [4.78, 5) is 37.0. The summed E-state index contributed by atoms with van der Waals surface area (Å²) in [6.07, 6.45) is 4.38. The predicted molar refractivity (Wildman–Crippen MR) is 130 cm³/mol. The number of anilines is 2. The Balaban J connectivity index is 1.25. The van der Waals surface area contributed by atoms with Gasteiger partial charge in [0.1, 0.15) is 11.2 Å². The summed E-state index contributed by atoms with van der Waals surface area (Å²) in [5.41, 5.74) is 4.15. The highest BCUT2D eigenvalue weighted by Gasteiger charge is 2.26. The molecule has 2 fully saturated rings. The van der Waals surface area contributed by atoms with Gasteiger partial charge in [0.25, 0.3) is 5.91 Å². The first-order chi connectivity index (χ1) is 16.9. The number of rotatable bonds is 8. The van der Waals surface area contributed by atoms with Gasteiger partial charge in [0.05, 0.1) is 20.0 Å². The molecule has 0 radical (unpaired) electrons. The van der Waals surface area contributed by atoms with E-state index in [2.05, 4.69) is 20.7 Å². The van der Waals surface area contributed by atoms with E-state index in [9.17, 15) is 14.0 Å². The van der Waals surface area contributed by atoms with E-state index in [1.165, 1.54) is 19.4 Å². The molecular formula is C23H27ClFN7O3. The minimum atomic E-state index is -0.778. The molecule has 1 aromatic heterocycles. The number of benzene rings is 1. The molecule has 0 spiro atoms. The largest absolute Gasteiger partial charge is 0.480 e. The molecule has 2 amide bonds. The highest BCUT2D eigenvalue weighted by Crippen LogP contribution is 2.22. The topological polar surface area (TPSA) is 103 Å². The Hall–Kier alpha value is -3.28. The predicted octanol–water partition coefficient (Wildman–Crippen LogP) is 2.42. The third-order valence-electron chi connectivity index (χ3n) is 5.68. The van der Waals surface area contributed by atoms with Gasteiger partial charge in [-0.1, -0.05) is 17.7 Å². The zero-order valence-corrected chi connectivity index (χ0v) is 20.0. The summed E-state index contributed by atoms with van der Waals surface area (Å²) in [5, 5.41) is 4.89. The Labute approximate surface area is 207 Å². The van der Waals surface area contributed by atoms with Crippen LogP contribution in [0.25, 0.3) is 0 Å². The number of hydrazine groups is 1. The van der Waals surface area contributed by atoms with E-state index in [0.717, 1.165) is 0 Å². The van der Waals surface area contributed by atoms with Gasteiger partial charge in [0, 0.05) is 50.1 Å². The fourth-order valence-corrected chi connectivity index (χ4v) is 4.03. The SMILES string of the molecule is COc1nc(NN2CCN(C(=O)c3ccc(NC(=O)/C=C/CN4CC[C@@H](F)C4)cc3)C2)ncc1Cl. The fraction of sp³-hybridized carbons (Fsp3) is 0.391. The number of hydrogen-bond donors (Lipinski definition) is 2. The van der Waals surface area contributed by atoms with Gasteiger partial charge in [-0.25, -0.2) is 9.37 Å². The van der Waals surface area contributed by atoms with E-state index >= 15 is 0 Å². The van der Waals surface area contributed by atoms with Crippen LogP contribution in [0.1, 0.15) is 16.8 Å². The van der Waals surface area contributed by atoms with Gasteiger partial charge in [-0.3, -0.25) is 19.9 Å². The van der Waals surface area contributed by atoms with Crippen LogP contribution >= 0.6 is 11.6 Å². The Morgan fingerprint density at radius 1 is 1.26 bits per heavy atom. The van der Waals surface area contributed by atoms with Crippen LogP contribution in [0.2, 0.25) is 5.02 Å². The number of carbonyl (C=O) groups is 2. The normalized spacial score (nSPS) is 18.8. The Bertz CT molecular complexity index is 1090. The Kier molecular flexibility index (Phi) is 8.11. The number of aromatic nitrogens is 2. The number of alkyl halides is 1. The van der Waals surface area contributed by atoms with Crippen LogP contribution in [-0.2, 0) is 4.79 Å². The molecule has 1 aromatic carbocycles. The van der Waals surface area contributed by atoms with E-state index in [0.29, 0.717) is 68.0 Å². The van der Waals surface area contributed by atoms with E-state index in [1.807, 2.05) is 9.91 Å². The maximum atomic E-state index is 13.2. The number of carbonyl (C=O) groups excluding carboxylic acids is 2. The van der Waals surface area contributed by atoms with Gasteiger partial charge < -0.3 is 15.0 Å². The highest BCUT2D eigenvalue weighted by atomic mass is 35.5. The smallest absolute Gasteiger partial charge is 0.254 e. The maximum absolute atomic E-state index is 13.2. The van der Waals surface area contributed by atoms with Crippen LogP contribution in [0.4, 0.5) is 16.0 Å². The van der Waals surface area contributed by atoms with Crippen molar-refractivity contribution in [2.45, 2.75) is 12.6 Å². The Morgan fingerprint density at radius 2 is 2.06 bits per heavy atom. The van der Waals surface area contributed by atoms with Gasteiger partial charge in [0.2, 0.25) is 17.7 Å². The van der Waals surface area contributed by atoms with Crippen molar-refractivity contribution in [3.05, 3.63) is 53.2 Å². The summed E-state index contributed by atoms with van der Waals surface area (Å²) >= 11 is 5.95. The molecule has 0 saturated carbocycles. The first kappa shape index (κ1) is 24.8. The van der Waals surface area contributed by atoms with Crippen LogP contribution in [0.15, 0.2) is 42.6 Å². The van der Waals surface area contributed by atoms with Crippen LogP contribution in [0.5, 0.6) is 5.88 Å². The zero-order valence-electron chi connectivity index (χ0n) is 19.3. The van der Waals surface area contributed by atoms with Crippen LogP contribution < -0.4 is 15.5 Å². The van der Waals surface area contributed by atoms with Crippen molar-refractivity contribution in [3.8, 4) is 5.88 Å². The molecule has 2 saturated heterocycles. The molecular weight excluding hydrogens is 477 g/mol. The van der Waals surface area contributed by atoms with E-state index < -0.39 is 6.17 Å². The monoisotopic (exact) mass is 503 g/mol. The molecule has 2 aliphatic heterocycles. The van der Waals surface area contributed by atoms with E-state index in [4.69, 9.17) is 16.3 Å². The lowest BCUT2D eigenvalue weighted by Gasteiger charge is -2.19. The second kappa shape index (κ2) is 11.4. The van der Waals surface area contributed by atoms with Gasteiger partial charge in [-0.15, -0.1) is 0 Å². The number of hydrogen-bond acceptors (Lipinski definition) is 8. The average molecular weight is 504 g/mol. The molecule has 0 unspecified atom stereocenters. The Morgan fingerprint density at radius 3 is 2.77 bits per heavy atom. The molecule has 2 aromatic rings. The molecule has 0 aliphatic carbocycles. The van der Waals surface area contributed by atoms with Crippen LogP contribution in [0.3, 0.4) is 0 Å². The molecule has 10 nitrogen and oxygen atoms in total. The lowest BCUT2D eigenvalue weighted by molar-refractivity contribution is -0.111. The lowest BCUT2D eigenvalue weighted by atomic mass is 10.2. The van der Waals surface area contributed by atoms with Crippen molar-refractivity contribution in [1.29, 1.82) is 0 Å².